The molecule has 0 fully saturated rings. The lowest BCUT2D eigenvalue weighted by Gasteiger charge is -2.09. The summed E-state index contributed by atoms with van der Waals surface area (Å²) < 4.78 is 7.30. The molecule has 0 bridgehead atoms. The summed E-state index contributed by atoms with van der Waals surface area (Å²) in [4.78, 5) is 8.95. The molecular weight excluding hydrogens is 352 g/mol. The van der Waals surface area contributed by atoms with Crippen molar-refractivity contribution in [1.82, 2.24) is 25.3 Å². The van der Waals surface area contributed by atoms with Crippen LogP contribution < -0.4 is 10.6 Å². The first-order chi connectivity index (χ1) is 12.6. The molecule has 2 N–H and O–H groups in total. The summed E-state index contributed by atoms with van der Waals surface area (Å²) in [7, 11) is 1.99. The molecule has 0 amide bonds. The van der Waals surface area contributed by atoms with Crippen molar-refractivity contribution in [2.45, 2.75) is 20.0 Å². The lowest BCUT2D eigenvalue weighted by molar-refractivity contribution is 0.375. The third-order valence-electron chi connectivity index (χ3n) is 3.62. The molecule has 1 aromatic carbocycles. The molecule has 0 atom stereocenters. The van der Waals surface area contributed by atoms with Crippen LogP contribution in [0.2, 0.25) is 5.02 Å². The molecule has 136 valence electrons. The summed E-state index contributed by atoms with van der Waals surface area (Å²) in [6.07, 6.45) is 4.04. The van der Waals surface area contributed by atoms with Gasteiger partial charge in [-0.15, -0.1) is 0 Å². The van der Waals surface area contributed by atoms with Gasteiger partial charge >= 0.3 is 0 Å². The Bertz CT molecular complexity index is 885. The van der Waals surface area contributed by atoms with Crippen molar-refractivity contribution in [3.8, 4) is 11.4 Å². The number of aryl methyl sites for hydroxylation is 1. The molecule has 2 heterocycles. The van der Waals surface area contributed by atoms with Crippen LogP contribution in [0.15, 0.2) is 52.2 Å². The number of benzene rings is 1. The fourth-order valence-corrected chi connectivity index (χ4v) is 2.59. The number of aliphatic imine (C=N–C) groups is 1. The normalized spacial score (nSPS) is 11.6. The molecule has 0 saturated heterocycles. The molecular formula is C18H21ClN6O. The predicted molar refractivity (Wildman–Crippen MR) is 102 cm³/mol. The Kier molecular flexibility index (Phi) is 5.91. The Morgan fingerprint density at radius 1 is 1.31 bits per heavy atom. The highest BCUT2D eigenvalue weighted by Gasteiger charge is 2.09. The van der Waals surface area contributed by atoms with Gasteiger partial charge in [-0.3, -0.25) is 0 Å². The van der Waals surface area contributed by atoms with Crippen LogP contribution in [-0.2, 0) is 20.1 Å². The van der Waals surface area contributed by atoms with Crippen molar-refractivity contribution in [3.05, 3.63) is 59.2 Å². The van der Waals surface area contributed by atoms with Gasteiger partial charge in [0.25, 0.3) is 0 Å². The van der Waals surface area contributed by atoms with Crippen LogP contribution in [0.1, 0.15) is 18.4 Å². The van der Waals surface area contributed by atoms with Crippen LogP contribution in [-0.4, -0.2) is 27.2 Å². The van der Waals surface area contributed by atoms with Gasteiger partial charge in [0.15, 0.2) is 5.96 Å². The predicted octanol–water partition coefficient (Wildman–Crippen LogP) is 2.98. The molecule has 2 aromatic heterocycles. The molecule has 3 rings (SSSR count). The maximum absolute atomic E-state index is 6.00. The number of aromatic nitrogens is 3. The van der Waals surface area contributed by atoms with E-state index in [0.717, 1.165) is 17.7 Å². The van der Waals surface area contributed by atoms with Crippen LogP contribution >= 0.6 is 11.6 Å². The standard InChI is InChI=1S/C18H21ClN6O/c1-3-20-18(21-10-13-7-8-25(2)12-13)22-11-16-23-17(24-26-16)14-5-4-6-15(19)9-14/h4-9,12H,3,10-11H2,1-2H3,(H2,20,21,22). The third-order valence-corrected chi connectivity index (χ3v) is 3.85. The molecule has 8 heteroatoms. The minimum atomic E-state index is 0.383. The van der Waals surface area contributed by atoms with Crippen molar-refractivity contribution in [2.24, 2.45) is 12.0 Å². The molecule has 0 spiro atoms. The number of hydrogen-bond donors (Lipinski definition) is 2. The highest BCUT2D eigenvalue weighted by atomic mass is 35.5. The van der Waals surface area contributed by atoms with Crippen molar-refractivity contribution >= 4 is 17.6 Å². The second-order valence-corrected chi connectivity index (χ2v) is 6.19. The molecule has 0 aliphatic rings. The summed E-state index contributed by atoms with van der Waals surface area (Å²) >= 11 is 6.00. The fraction of sp³-hybridized carbons (Fsp3) is 0.278. The maximum Gasteiger partial charge on any atom is 0.246 e. The fourth-order valence-electron chi connectivity index (χ4n) is 2.40. The van der Waals surface area contributed by atoms with E-state index in [9.17, 15) is 0 Å². The smallest absolute Gasteiger partial charge is 0.246 e. The first kappa shape index (κ1) is 18.0. The second-order valence-electron chi connectivity index (χ2n) is 5.76. The maximum atomic E-state index is 6.00. The Morgan fingerprint density at radius 3 is 2.92 bits per heavy atom. The first-order valence-electron chi connectivity index (χ1n) is 8.35. The molecule has 0 radical (unpaired) electrons. The Morgan fingerprint density at radius 2 is 2.19 bits per heavy atom. The number of rotatable bonds is 6. The zero-order valence-electron chi connectivity index (χ0n) is 14.7. The number of guanidine groups is 1. The van der Waals surface area contributed by atoms with Gasteiger partial charge in [0.05, 0.1) is 13.1 Å². The summed E-state index contributed by atoms with van der Waals surface area (Å²) in [5.41, 5.74) is 1.96. The van der Waals surface area contributed by atoms with E-state index in [4.69, 9.17) is 16.1 Å². The summed E-state index contributed by atoms with van der Waals surface area (Å²) in [5, 5.41) is 11.0. The number of hydrogen-bond acceptors (Lipinski definition) is 4. The van der Waals surface area contributed by atoms with E-state index >= 15 is 0 Å². The number of nitrogens with zero attached hydrogens (tertiary/aromatic N) is 4. The average molecular weight is 373 g/mol. The lowest BCUT2D eigenvalue weighted by Crippen LogP contribution is -2.36. The molecule has 0 aliphatic heterocycles. The van der Waals surface area contributed by atoms with E-state index in [1.54, 1.807) is 12.1 Å². The van der Waals surface area contributed by atoms with E-state index in [1.165, 1.54) is 0 Å². The monoisotopic (exact) mass is 372 g/mol. The quantitative estimate of drug-likeness (QED) is 0.513. The van der Waals surface area contributed by atoms with Crippen molar-refractivity contribution < 1.29 is 4.52 Å². The van der Waals surface area contributed by atoms with Crippen molar-refractivity contribution in [3.63, 3.8) is 0 Å². The third kappa shape index (κ3) is 4.86. The van der Waals surface area contributed by atoms with Gasteiger partial charge in [-0.25, -0.2) is 4.99 Å². The zero-order valence-corrected chi connectivity index (χ0v) is 15.5. The van der Waals surface area contributed by atoms with Crippen LogP contribution in [0.4, 0.5) is 0 Å². The van der Waals surface area contributed by atoms with E-state index in [-0.39, 0.29) is 0 Å². The van der Waals surface area contributed by atoms with Gasteiger partial charge in [0.2, 0.25) is 11.7 Å². The van der Waals surface area contributed by atoms with Gasteiger partial charge in [0.1, 0.15) is 0 Å². The van der Waals surface area contributed by atoms with Gasteiger partial charge in [-0.05, 0) is 30.7 Å². The van der Waals surface area contributed by atoms with Crippen LogP contribution in [0.25, 0.3) is 11.4 Å². The molecule has 0 aliphatic carbocycles. The van der Waals surface area contributed by atoms with Crippen LogP contribution in [0.5, 0.6) is 0 Å². The highest BCUT2D eigenvalue weighted by Crippen LogP contribution is 2.19. The van der Waals surface area contributed by atoms with Crippen molar-refractivity contribution in [2.75, 3.05) is 6.54 Å². The molecule has 7 nitrogen and oxygen atoms in total. The minimum absolute atomic E-state index is 0.383. The van der Waals surface area contributed by atoms with Gasteiger partial charge in [-0.1, -0.05) is 28.9 Å². The van der Waals surface area contributed by atoms with Crippen LogP contribution in [0.3, 0.4) is 0 Å². The Labute approximate surface area is 157 Å². The van der Waals surface area contributed by atoms with E-state index in [1.807, 2.05) is 49.1 Å². The summed E-state index contributed by atoms with van der Waals surface area (Å²) in [6, 6.07) is 9.39. The van der Waals surface area contributed by atoms with Crippen LogP contribution in [0, 0.1) is 0 Å². The Balaban J connectivity index is 1.62. The molecule has 0 saturated carbocycles. The van der Waals surface area contributed by atoms with Crippen molar-refractivity contribution in [1.29, 1.82) is 0 Å². The summed E-state index contributed by atoms with van der Waals surface area (Å²) in [5.74, 6) is 1.68. The highest BCUT2D eigenvalue weighted by molar-refractivity contribution is 6.30. The summed E-state index contributed by atoms with van der Waals surface area (Å²) in [6.45, 7) is 3.75. The number of nitrogens with one attached hydrogen (secondary N) is 2. The van der Waals surface area contributed by atoms with E-state index in [0.29, 0.717) is 35.8 Å². The minimum Gasteiger partial charge on any atom is -0.357 e. The second kappa shape index (κ2) is 8.53. The molecule has 26 heavy (non-hydrogen) atoms. The zero-order chi connectivity index (χ0) is 18.4. The molecule has 0 unspecified atom stereocenters. The lowest BCUT2D eigenvalue weighted by atomic mass is 10.2. The van der Waals surface area contributed by atoms with Gasteiger partial charge < -0.3 is 19.7 Å². The topological polar surface area (TPSA) is 80.3 Å². The van der Waals surface area contributed by atoms with E-state index < -0.39 is 0 Å². The Hall–Kier alpha value is -2.80. The first-order valence-corrected chi connectivity index (χ1v) is 8.73. The van der Waals surface area contributed by atoms with Gasteiger partial charge in [-0.2, -0.15) is 4.98 Å². The average Bonchev–Trinajstić information content (AvgIpc) is 3.26. The van der Waals surface area contributed by atoms with Gasteiger partial charge in [0, 0.05) is 36.6 Å². The molecule has 3 aromatic rings. The van der Waals surface area contributed by atoms with E-state index in [2.05, 4.69) is 25.8 Å². The largest absolute Gasteiger partial charge is 0.357 e. The SMILES string of the molecule is CCNC(=NCc1ccn(C)c1)NCc1nc(-c2cccc(Cl)c2)no1. The number of halogens is 1.